The Morgan fingerprint density at radius 2 is 2.53 bits per heavy atom. The van der Waals surface area contributed by atoms with Crippen molar-refractivity contribution < 1.29 is 4.79 Å². The van der Waals surface area contributed by atoms with Crippen LogP contribution >= 0.6 is 0 Å². The molecule has 0 bridgehead atoms. The predicted octanol–water partition coefficient (Wildman–Crippen LogP) is 0.102. The zero-order chi connectivity index (χ0) is 10.5. The summed E-state index contributed by atoms with van der Waals surface area (Å²) in [5.41, 5.74) is 0.820. The third-order valence-electron chi connectivity index (χ3n) is 2.49. The highest BCUT2D eigenvalue weighted by Gasteiger charge is 2.16. The van der Waals surface area contributed by atoms with E-state index in [1.54, 1.807) is 6.20 Å². The molecule has 1 atom stereocenters. The van der Waals surface area contributed by atoms with Gasteiger partial charge in [0.05, 0.1) is 6.42 Å². The van der Waals surface area contributed by atoms with E-state index < -0.39 is 0 Å². The van der Waals surface area contributed by atoms with Gasteiger partial charge in [-0.05, 0) is 25.1 Å². The molecule has 1 aromatic heterocycles. The number of aromatic nitrogens is 1. The summed E-state index contributed by atoms with van der Waals surface area (Å²) < 4.78 is 0. The van der Waals surface area contributed by atoms with Gasteiger partial charge in [0, 0.05) is 24.5 Å². The van der Waals surface area contributed by atoms with Crippen LogP contribution in [0.3, 0.4) is 0 Å². The van der Waals surface area contributed by atoms with E-state index in [-0.39, 0.29) is 5.91 Å². The van der Waals surface area contributed by atoms with Crippen molar-refractivity contribution in [3.8, 4) is 0 Å². The van der Waals surface area contributed by atoms with Crippen LogP contribution in [0.1, 0.15) is 12.1 Å². The molecule has 0 spiro atoms. The summed E-state index contributed by atoms with van der Waals surface area (Å²) >= 11 is 0. The molecule has 0 aromatic carbocycles. The van der Waals surface area contributed by atoms with Crippen LogP contribution in [0, 0.1) is 0 Å². The van der Waals surface area contributed by atoms with Crippen molar-refractivity contribution in [3.63, 3.8) is 0 Å². The monoisotopic (exact) mass is 205 g/mol. The van der Waals surface area contributed by atoms with Crippen LogP contribution in [0.4, 0.5) is 0 Å². The second kappa shape index (κ2) is 4.89. The number of hydrogen-bond donors (Lipinski definition) is 2. The Morgan fingerprint density at radius 1 is 1.60 bits per heavy atom. The van der Waals surface area contributed by atoms with Crippen LogP contribution in [0.2, 0.25) is 0 Å². The second-order valence-electron chi connectivity index (χ2n) is 3.76. The molecule has 2 rings (SSSR count). The molecule has 2 heterocycles. The quantitative estimate of drug-likeness (QED) is 0.736. The maximum absolute atomic E-state index is 11.6. The molecule has 1 amide bonds. The summed E-state index contributed by atoms with van der Waals surface area (Å²) in [6.45, 7) is 1.88. The number of carbonyl (C=O) groups is 1. The Labute approximate surface area is 89.1 Å². The molecule has 15 heavy (non-hydrogen) atoms. The van der Waals surface area contributed by atoms with Gasteiger partial charge in [0.25, 0.3) is 0 Å². The summed E-state index contributed by atoms with van der Waals surface area (Å²) in [5, 5.41) is 6.20. The molecule has 1 fully saturated rings. The minimum atomic E-state index is 0.0578. The summed E-state index contributed by atoms with van der Waals surface area (Å²) in [4.78, 5) is 15.7. The van der Waals surface area contributed by atoms with Gasteiger partial charge in [0.15, 0.2) is 0 Å². The third-order valence-corrected chi connectivity index (χ3v) is 2.49. The lowest BCUT2D eigenvalue weighted by atomic mass is 10.2. The summed E-state index contributed by atoms with van der Waals surface area (Å²) in [7, 11) is 0. The Hall–Kier alpha value is -1.42. The van der Waals surface area contributed by atoms with E-state index in [0.29, 0.717) is 12.5 Å². The zero-order valence-electron chi connectivity index (χ0n) is 8.57. The molecule has 4 nitrogen and oxygen atoms in total. The molecule has 1 saturated heterocycles. The van der Waals surface area contributed by atoms with E-state index in [0.717, 1.165) is 25.2 Å². The lowest BCUT2D eigenvalue weighted by molar-refractivity contribution is -0.121. The van der Waals surface area contributed by atoms with Gasteiger partial charge >= 0.3 is 0 Å². The molecule has 0 aliphatic carbocycles. The first-order chi connectivity index (χ1) is 7.34. The average molecular weight is 205 g/mol. The molecule has 2 N–H and O–H groups in total. The van der Waals surface area contributed by atoms with Gasteiger partial charge in [-0.3, -0.25) is 9.78 Å². The van der Waals surface area contributed by atoms with E-state index in [4.69, 9.17) is 0 Å². The minimum absolute atomic E-state index is 0.0578. The van der Waals surface area contributed by atoms with Crippen LogP contribution in [0.25, 0.3) is 0 Å². The number of nitrogens with one attached hydrogen (secondary N) is 2. The van der Waals surface area contributed by atoms with Crippen molar-refractivity contribution in [1.82, 2.24) is 15.6 Å². The van der Waals surface area contributed by atoms with Gasteiger partial charge in [-0.1, -0.05) is 6.07 Å². The smallest absolute Gasteiger partial charge is 0.226 e. The molecule has 1 aromatic rings. The average Bonchev–Trinajstić information content (AvgIpc) is 2.71. The molecule has 0 saturated carbocycles. The molecule has 80 valence electrons. The fourth-order valence-electron chi connectivity index (χ4n) is 1.72. The minimum Gasteiger partial charge on any atom is -0.352 e. The van der Waals surface area contributed by atoms with E-state index in [1.807, 2.05) is 18.2 Å². The second-order valence-corrected chi connectivity index (χ2v) is 3.76. The highest BCUT2D eigenvalue weighted by molar-refractivity contribution is 5.78. The molecular weight excluding hydrogens is 190 g/mol. The maximum atomic E-state index is 11.6. The molecule has 1 aliphatic heterocycles. The van der Waals surface area contributed by atoms with Crippen LogP contribution in [0.5, 0.6) is 0 Å². The van der Waals surface area contributed by atoms with Crippen LogP contribution in [0.15, 0.2) is 24.4 Å². The highest BCUT2D eigenvalue weighted by Crippen LogP contribution is 1.99. The largest absolute Gasteiger partial charge is 0.352 e. The number of pyridine rings is 1. The first-order valence-corrected chi connectivity index (χ1v) is 5.24. The van der Waals surface area contributed by atoms with E-state index in [9.17, 15) is 4.79 Å². The highest BCUT2D eigenvalue weighted by atomic mass is 16.1. The molecule has 0 radical (unpaired) electrons. The zero-order valence-corrected chi connectivity index (χ0v) is 8.57. The molecule has 4 heteroatoms. The standard InChI is InChI=1S/C11H15N3O/c15-11(14-10-4-6-12-8-10)7-9-3-1-2-5-13-9/h1-3,5,10,12H,4,6-8H2,(H,14,15)/t10-/m0/s1. The number of carbonyl (C=O) groups excluding carboxylic acids is 1. The molecular formula is C11H15N3O. The molecule has 0 unspecified atom stereocenters. The first-order valence-electron chi connectivity index (χ1n) is 5.24. The predicted molar refractivity (Wildman–Crippen MR) is 57.4 cm³/mol. The van der Waals surface area contributed by atoms with E-state index in [2.05, 4.69) is 15.6 Å². The number of hydrogen-bond acceptors (Lipinski definition) is 3. The summed E-state index contributed by atoms with van der Waals surface area (Å²) in [6, 6.07) is 5.91. The Morgan fingerprint density at radius 3 is 3.20 bits per heavy atom. The third kappa shape index (κ3) is 3.02. The van der Waals surface area contributed by atoms with E-state index >= 15 is 0 Å². The van der Waals surface area contributed by atoms with Gasteiger partial charge in [0.1, 0.15) is 0 Å². The van der Waals surface area contributed by atoms with Crippen LogP contribution < -0.4 is 10.6 Å². The van der Waals surface area contributed by atoms with Gasteiger partial charge in [-0.25, -0.2) is 0 Å². The van der Waals surface area contributed by atoms with E-state index in [1.165, 1.54) is 0 Å². The van der Waals surface area contributed by atoms with Gasteiger partial charge in [-0.2, -0.15) is 0 Å². The first kappa shape index (κ1) is 10.1. The fraction of sp³-hybridized carbons (Fsp3) is 0.455. The van der Waals surface area contributed by atoms with Crippen LogP contribution in [-0.4, -0.2) is 30.0 Å². The topological polar surface area (TPSA) is 54.0 Å². The van der Waals surface area contributed by atoms with Crippen molar-refractivity contribution in [2.75, 3.05) is 13.1 Å². The summed E-state index contributed by atoms with van der Waals surface area (Å²) in [5.74, 6) is 0.0578. The van der Waals surface area contributed by atoms with Crippen molar-refractivity contribution in [2.24, 2.45) is 0 Å². The van der Waals surface area contributed by atoms with Crippen molar-refractivity contribution in [3.05, 3.63) is 30.1 Å². The fourth-order valence-corrected chi connectivity index (χ4v) is 1.72. The van der Waals surface area contributed by atoms with Crippen LogP contribution in [-0.2, 0) is 11.2 Å². The van der Waals surface area contributed by atoms with Crippen molar-refractivity contribution in [2.45, 2.75) is 18.9 Å². The molecule has 1 aliphatic rings. The normalized spacial score (nSPS) is 20.1. The van der Waals surface area contributed by atoms with Gasteiger partial charge in [0.2, 0.25) is 5.91 Å². The maximum Gasteiger partial charge on any atom is 0.226 e. The Balaban J connectivity index is 1.82. The lowest BCUT2D eigenvalue weighted by Crippen LogP contribution is -2.37. The Bertz CT molecular complexity index is 320. The Kier molecular flexibility index (Phi) is 3.29. The van der Waals surface area contributed by atoms with Crippen molar-refractivity contribution >= 4 is 5.91 Å². The lowest BCUT2D eigenvalue weighted by Gasteiger charge is -2.10. The van der Waals surface area contributed by atoms with Gasteiger partial charge < -0.3 is 10.6 Å². The number of rotatable bonds is 3. The number of nitrogens with zero attached hydrogens (tertiary/aromatic N) is 1. The van der Waals surface area contributed by atoms with Crippen molar-refractivity contribution in [1.29, 1.82) is 0 Å². The van der Waals surface area contributed by atoms with Gasteiger partial charge in [-0.15, -0.1) is 0 Å². The number of amides is 1. The summed E-state index contributed by atoms with van der Waals surface area (Å²) in [6.07, 6.45) is 3.10. The SMILES string of the molecule is O=C(Cc1ccccn1)N[C@H]1CCNC1.